The number of fused-ring (bicyclic) bond motifs is 4. The number of halogens is 2. The number of aromatic amines is 2. The molecular formula is C38H39F2N7O3. The lowest BCUT2D eigenvalue weighted by atomic mass is 9.98. The molecule has 0 radical (unpaired) electrons. The zero-order valence-corrected chi connectivity index (χ0v) is 28.1. The first-order valence-corrected chi connectivity index (χ1v) is 17.2. The number of ether oxygens (including phenoxy) is 1. The molecular weight excluding hydrogens is 640 g/mol. The van der Waals surface area contributed by atoms with Crippen LogP contribution in [0.4, 0.5) is 13.6 Å². The Morgan fingerprint density at radius 1 is 0.940 bits per heavy atom. The van der Waals surface area contributed by atoms with E-state index in [0.29, 0.717) is 40.1 Å². The van der Waals surface area contributed by atoms with Gasteiger partial charge in [0, 0.05) is 23.2 Å². The van der Waals surface area contributed by atoms with Gasteiger partial charge < -0.3 is 30.2 Å². The van der Waals surface area contributed by atoms with Crippen LogP contribution in [0.2, 0.25) is 0 Å². The average molecular weight is 680 g/mol. The van der Waals surface area contributed by atoms with Crippen LogP contribution >= 0.6 is 0 Å². The van der Waals surface area contributed by atoms with Crippen LogP contribution in [-0.2, 0) is 15.5 Å². The van der Waals surface area contributed by atoms with Gasteiger partial charge in [0.15, 0.2) is 0 Å². The molecule has 0 unspecified atom stereocenters. The molecule has 1 aliphatic carbocycles. The zero-order valence-electron chi connectivity index (χ0n) is 28.1. The predicted molar refractivity (Wildman–Crippen MR) is 185 cm³/mol. The number of aromatic nitrogens is 4. The minimum absolute atomic E-state index is 0.0110. The van der Waals surface area contributed by atoms with Crippen LogP contribution in [0.1, 0.15) is 74.4 Å². The highest BCUT2D eigenvalue weighted by Gasteiger charge is 2.45. The maximum absolute atomic E-state index is 16.2. The number of carbonyl (C=O) groups is 2. The molecule has 2 aliphatic heterocycles. The summed E-state index contributed by atoms with van der Waals surface area (Å²) in [5.41, 5.74) is 5.33. The second kappa shape index (κ2) is 12.3. The molecule has 0 bridgehead atoms. The third-order valence-electron chi connectivity index (χ3n) is 10.4. The minimum Gasteiger partial charge on any atom is -0.453 e. The van der Waals surface area contributed by atoms with Gasteiger partial charge in [-0.05, 0) is 84.7 Å². The van der Waals surface area contributed by atoms with Crippen LogP contribution in [-0.4, -0.2) is 63.1 Å². The van der Waals surface area contributed by atoms with E-state index in [9.17, 15) is 9.59 Å². The second-order valence-electron chi connectivity index (χ2n) is 13.8. The molecule has 8 rings (SSSR count). The van der Waals surface area contributed by atoms with Gasteiger partial charge in [0.1, 0.15) is 17.7 Å². The third-order valence-corrected chi connectivity index (χ3v) is 10.4. The summed E-state index contributed by atoms with van der Waals surface area (Å²) in [6, 6.07) is 15.3. The molecule has 258 valence electrons. The largest absolute Gasteiger partial charge is 0.453 e. The van der Waals surface area contributed by atoms with Crippen LogP contribution in [0.5, 0.6) is 0 Å². The molecule has 12 heteroatoms. The Bertz CT molecular complexity index is 2120. The SMILES string of the molecule is COC(=O)N[C@H](C(=O)N1CCC[C@H]1c1nc2ccc(-c3ccc4c(c3)C(F)(F)c3cc(-c5cnc([C@@H]6CCCN6)[nH]5)ccc3-4)cc2[nH]1)C(C)C. The van der Waals surface area contributed by atoms with E-state index in [2.05, 4.69) is 25.6 Å². The summed E-state index contributed by atoms with van der Waals surface area (Å²) in [4.78, 5) is 43.4. The van der Waals surface area contributed by atoms with Crippen LogP contribution in [0.3, 0.4) is 0 Å². The summed E-state index contributed by atoms with van der Waals surface area (Å²) in [7, 11) is 1.27. The van der Waals surface area contributed by atoms with Crippen molar-refractivity contribution in [2.45, 2.75) is 63.6 Å². The highest BCUT2D eigenvalue weighted by Crippen LogP contribution is 2.52. The van der Waals surface area contributed by atoms with Gasteiger partial charge in [-0.2, -0.15) is 8.78 Å². The zero-order chi connectivity index (χ0) is 34.7. The topological polar surface area (TPSA) is 128 Å². The van der Waals surface area contributed by atoms with E-state index < -0.39 is 18.1 Å². The summed E-state index contributed by atoms with van der Waals surface area (Å²) in [5.74, 6) is -2.01. The first-order valence-electron chi connectivity index (χ1n) is 17.2. The lowest BCUT2D eigenvalue weighted by Gasteiger charge is -2.29. The predicted octanol–water partition coefficient (Wildman–Crippen LogP) is 7.21. The van der Waals surface area contributed by atoms with Crippen molar-refractivity contribution in [3.05, 3.63) is 83.6 Å². The number of methoxy groups -OCH3 is 1. The molecule has 3 aromatic carbocycles. The van der Waals surface area contributed by atoms with E-state index in [-0.39, 0.29) is 35.0 Å². The molecule has 2 aromatic heterocycles. The Balaban J connectivity index is 1.05. The number of alkyl carbamates (subject to hydrolysis) is 1. The first-order chi connectivity index (χ1) is 24.1. The van der Waals surface area contributed by atoms with E-state index in [1.807, 2.05) is 44.2 Å². The number of nitrogens with one attached hydrogen (secondary N) is 4. The smallest absolute Gasteiger partial charge is 0.407 e. The van der Waals surface area contributed by atoms with Crippen molar-refractivity contribution in [2.75, 3.05) is 20.2 Å². The fourth-order valence-electron chi connectivity index (χ4n) is 7.71. The number of rotatable bonds is 7. The number of hydrogen-bond donors (Lipinski definition) is 4. The van der Waals surface area contributed by atoms with Crippen molar-refractivity contribution in [3.63, 3.8) is 0 Å². The number of imidazole rings is 2. The number of carbonyl (C=O) groups excluding carboxylic acids is 2. The minimum atomic E-state index is -3.17. The van der Waals surface area contributed by atoms with Crippen molar-refractivity contribution in [3.8, 4) is 33.5 Å². The Labute approximate surface area is 288 Å². The maximum atomic E-state index is 16.2. The van der Waals surface area contributed by atoms with Crippen molar-refractivity contribution in [2.24, 2.45) is 5.92 Å². The highest BCUT2D eigenvalue weighted by molar-refractivity contribution is 5.88. The third kappa shape index (κ3) is 5.42. The highest BCUT2D eigenvalue weighted by atomic mass is 19.3. The molecule has 3 aliphatic rings. The van der Waals surface area contributed by atoms with E-state index in [1.54, 1.807) is 35.4 Å². The van der Waals surface area contributed by atoms with Crippen LogP contribution < -0.4 is 10.6 Å². The molecule has 50 heavy (non-hydrogen) atoms. The van der Waals surface area contributed by atoms with Gasteiger partial charge in [-0.3, -0.25) is 4.79 Å². The Morgan fingerprint density at radius 2 is 1.66 bits per heavy atom. The van der Waals surface area contributed by atoms with Gasteiger partial charge in [-0.25, -0.2) is 14.8 Å². The standard InChI is InChI=1S/C38H39F2N7O3/c1-20(2)33(46-37(49)50-3)36(48)47-15-5-7-32(47)35-43-28-13-10-22(18-30(28)44-35)21-8-11-24-25-12-9-23(17-27(25)38(39,40)26(24)16-21)31-19-42-34(45-31)29-6-4-14-41-29/h8-13,16-20,29,32-33,41H,4-7,14-15H2,1-3H3,(H,42,45)(H,43,44)(H,46,49)/t29-,32-,33-/m0/s1. The molecule has 2 fully saturated rings. The van der Waals surface area contributed by atoms with Crippen molar-refractivity contribution in [1.29, 1.82) is 0 Å². The number of H-pyrrole nitrogens is 2. The number of alkyl halides is 2. The Morgan fingerprint density at radius 3 is 2.38 bits per heavy atom. The quantitative estimate of drug-likeness (QED) is 0.144. The van der Waals surface area contributed by atoms with Crippen molar-refractivity contribution < 1.29 is 23.1 Å². The molecule has 2 amide bonds. The van der Waals surface area contributed by atoms with Gasteiger partial charge in [0.05, 0.1) is 42.1 Å². The molecule has 2 saturated heterocycles. The summed E-state index contributed by atoms with van der Waals surface area (Å²) >= 11 is 0. The molecule has 5 aromatic rings. The lowest BCUT2D eigenvalue weighted by molar-refractivity contribution is -0.135. The maximum Gasteiger partial charge on any atom is 0.407 e. The van der Waals surface area contributed by atoms with Gasteiger partial charge in [0.2, 0.25) is 5.91 Å². The van der Waals surface area contributed by atoms with Crippen LogP contribution in [0.15, 0.2) is 60.8 Å². The van der Waals surface area contributed by atoms with Gasteiger partial charge >= 0.3 is 6.09 Å². The van der Waals surface area contributed by atoms with Crippen molar-refractivity contribution in [1.82, 2.24) is 35.5 Å². The molecule has 10 nitrogen and oxygen atoms in total. The summed E-state index contributed by atoms with van der Waals surface area (Å²) < 4.78 is 37.1. The van der Waals surface area contributed by atoms with Crippen molar-refractivity contribution >= 4 is 23.0 Å². The summed E-state index contributed by atoms with van der Waals surface area (Å²) in [6.07, 6.45) is 4.68. The van der Waals surface area contributed by atoms with E-state index in [1.165, 1.54) is 7.11 Å². The second-order valence-corrected chi connectivity index (χ2v) is 13.8. The number of hydrogen-bond acceptors (Lipinski definition) is 6. The normalized spacial score (nSPS) is 19.9. The van der Waals surface area contributed by atoms with Gasteiger partial charge in [-0.15, -0.1) is 0 Å². The fraction of sp³-hybridized carbons (Fsp3) is 0.368. The Kier molecular flexibility index (Phi) is 7.93. The number of likely N-dealkylation sites (tertiary alicyclic amines) is 1. The fourth-order valence-corrected chi connectivity index (χ4v) is 7.71. The van der Waals surface area contributed by atoms with E-state index in [0.717, 1.165) is 54.8 Å². The molecule has 3 atom stereocenters. The lowest BCUT2D eigenvalue weighted by Crippen LogP contribution is -2.51. The van der Waals surface area contributed by atoms with Gasteiger partial charge in [0.25, 0.3) is 5.92 Å². The Hall–Kier alpha value is -5.10. The molecule has 4 heterocycles. The van der Waals surface area contributed by atoms with Crippen LogP contribution in [0.25, 0.3) is 44.5 Å². The van der Waals surface area contributed by atoms with E-state index >= 15 is 8.78 Å². The van der Waals surface area contributed by atoms with E-state index in [4.69, 9.17) is 9.72 Å². The number of amides is 2. The van der Waals surface area contributed by atoms with Gasteiger partial charge in [-0.1, -0.05) is 44.2 Å². The summed E-state index contributed by atoms with van der Waals surface area (Å²) in [6.45, 7) is 5.25. The van der Waals surface area contributed by atoms with Crippen LogP contribution in [0, 0.1) is 5.92 Å². The number of nitrogens with zero attached hydrogens (tertiary/aromatic N) is 3. The summed E-state index contributed by atoms with van der Waals surface area (Å²) in [5, 5.41) is 6.09. The average Bonchev–Trinajstić information content (AvgIpc) is 3.96. The molecule has 4 N–H and O–H groups in total. The molecule has 0 spiro atoms. The number of benzene rings is 3. The monoisotopic (exact) mass is 679 g/mol. The molecule has 0 saturated carbocycles. The first kappa shape index (κ1) is 32.1.